The first-order valence-corrected chi connectivity index (χ1v) is 5.81. The summed E-state index contributed by atoms with van der Waals surface area (Å²) < 4.78 is 5.71. The summed E-state index contributed by atoms with van der Waals surface area (Å²) in [6.45, 7) is 3.04. The van der Waals surface area contributed by atoms with Gasteiger partial charge in [-0.3, -0.25) is 0 Å². The van der Waals surface area contributed by atoms with E-state index in [1.807, 2.05) is 24.3 Å². The summed E-state index contributed by atoms with van der Waals surface area (Å²) in [6, 6.07) is 7.59. The van der Waals surface area contributed by atoms with Crippen molar-refractivity contribution in [1.82, 2.24) is 5.32 Å². The number of nitrogens with one attached hydrogen (secondary N) is 1. The van der Waals surface area contributed by atoms with Crippen LogP contribution in [-0.4, -0.2) is 19.7 Å². The number of benzene rings is 1. The number of hydrogen-bond acceptors (Lipinski definition) is 2. The predicted molar refractivity (Wildman–Crippen MR) is 69.8 cm³/mol. The monoisotopic (exact) mass is 261 g/mol. The van der Waals surface area contributed by atoms with E-state index in [4.69, 9.17) is 16.3 Å². The third kappa shape index (κ3) is 4.20. The second kappa shape index (κ2) is 7.00. The van der Waals surface area contributed by atoms with Gasteiger partial charge in [-0.05, 0) is 50.0 Å². The van der Waals surface area contributed by atoms with E-state index in [1.54, 1.807) is 0 Å². The van der Waals surface area contributed by atoms with Gasteiger partial charge in [-0.15, -0.1) is 12.4 Å². The third-order valence-electron chi connectivity index (χ3n) is 2.74. The lowest BCUT2D eigenvalue weighted by molar-refractivity contribution is 0.215. The molecular formula is C12H17Cl2NO. The molecule has 0 saturated carbocycles. The molecule has 0 bridgehead atoms. The lowest BCUT2D eigenvalue weighted by Crippen LogP contribution is -2.30. The van der Waals surface area contributed by atoms with E-state index in [2.05, 4.69) is 5.32 Å². The average Bonchev–Trinajstić information content (AvgIpc) is 2.28. The lowest BCUT2D eigenvalue weighted by atomic mass is 9.99. The van der Waals surface area contributed by atoms with E-state index in [0.717, 1.165) is 30.5 Å². The molecular weight excluding hydrogens is 245 g/mol. The first-order valence-electron chi connectivity index (χ1n) is 5.44. The molecule has 2 rings (SSSR count). The number of halogens is 2. The Kier molecular flexibility index (Phi) is 5.96. The van der Waals surface area contributed by atoms with Gasteiger partial charge >= 0.3 is 0 Å². The van der Waals surface area contributed by atoms with Gasteiger partial charge in [0.2, 0.25) is 0 Å². The van der Waals surface area contributed by atoms with Crippen LogP contribution < -0.4 is 10.1 Å². The normalized spacial score (nSPS) is 16.6. The molecule has 4 heteroatoms. The molecule has 16 heavy (non-hydrogen) atoms. The number of hydrogen-bond donors (Lipinski definition) is 1. The van der Waals surface area contributed by atoms with Crippen molar-refractivity contribution in [3.63, 3.8) is 0 Å². The van der Waals surface area contributed by atoms with Crippen LogP contribution >= 0.6 is 24.0 Å². The highest BCUT2D eigenvalue weighted by atomic mass is 35.5. The summed E-state index contributed by atoms with van der Waals surface area (Å²) in [4.78, 5) is 0. The minimum atomic E-state index is 0. The van der Waals surface area contributed by atoms with Crippen molar-refractivity contribution in [2.75, 3.05) is 19.7 Å². The molecule has 1 aliphatic heterocycles. The van der Waals surface area contributed by atoms with Crippen LogP contribution in [0.4, 0.5) is 0 Å². The maximum atomic E-state index is 5.88. The van der Waals surface area contributed by atoms with Crippen molar-refractivity contribution in [1.29, 1.82) is 0 Å². The summed E-state index contributed by atoms with van der Waals surface area (Å²) in [6.07, 6.45) is 2.42. The van der Waals surface area contributed by atoms with E-state index in [9.17, 15) is 0 Å². The number of rotatable bonds is 3. The Balaban J connectivity index is 0.00000128. The molecule has 2 nitrogen and oxygen atoms in total. The van der Waals surface area contributed by atoms with Gasteiger partial charge in [0.1, 0.15) is 5.75 Å². The third-order valence-corrected chi connectivity index (χ3v) is 2.98. The molecule has 0 radical (unpaired) electrons. The van der Waals surface area contributed by atoms with Crippen LogP contribution in [0.5, 0.6) is 5.75 Å². The Hall–Kier alpha value is -0.440. The smallest absolute Gasteiger partial charge is 0.120 e. The second-order valence-electron chi connectivity index (χ2n) is 3.96. The van der Waals surface area contributed by atoms with Gasteiger partial charge < -0.3 is 10.1 Å². The van der Waals surface area contributed by atoms with Crippen LogP contribution in [-0.2, 0) is 0 Å². The molecule has 0 atom stereocenters. The Morgan fingerprint density at radius 2 is 2.06 bits per heavy atom. The molecule has 0 unspecified atom stereocenters. The maximum absolute atomic E-state index is 5.88. The van der Waals surface area contributed by atoms with Crippen molar-refractivity contribution >= 4 is 24.0 Å². The predicted octanol–water partition coefficient (Wildman–Crippen LogP) is 3.14. The fourth-order valence-electron chi connectivity index (χ4n) is 1.82. The Bertz CT molecular complexity index is 314. The van der Waals surface area contributed by atoms with Crippen LogP contribution in [0.3, 0.4) is 0 Å². The zero-order valence-electron chi connectivity index (χ0n) is 9.12. The summed E-state index contributed by atoms with van der Waals surface area (Å²) in [5.41, 5.74) is 0. The zero-order chi connectivity index (χ0) is 10.5. The standard InChI is InChI=1S/C12H16ClNO.ClH/c13-11-2-1-3-12(8-11)15-9-10-4-6-14-7-5-10;/h1-3,8,10,14H,4-7,9H2;1H. The summed E-state index contributed by atoms with van der Waals surface area (Å²) in [7, 11) is 0. The van der Waals surface area contributed by atoms with Crippen LogP contribution in [0.15, 0.2) is 24.3 Å². The highest BCUT2D eigenvalue weighted by molar-refractivity contribution is 6.30. The SMILES string of the molecule is Cl.Clc1cccc(OCC2CCNCC2)c1. The lowest BCUT2D eigenvalue weighted by Gasteiger charge is -2.22. The summed E-state index contributed by atoms with van der Waals surface area (Å²) >= 11 is 5.88. The van der Waals surface area contributed by atoms with Gasteiger partial charge in [0, 0.05) is 5.02 Å². The van der Waals surface area contributed by atoms with E-state index in [-0.39, 0.29) is 12.4 Å². The van der Waals surface area contributed by atoms with E-state index >= 15 is 0 Å². The molecule has 1 saturated heterocycles. The fourth-order valence-corrected chi connectivity index (χ4v) is 2.00. The van der Waals surface area contributed by atoms with Crippen LogP contribution in [0.25, 0.3) is 0 Å². The van der Waals surface area contributed by atoms with Crippen LogP contribution in [0.1, 0.15) is 12.8 Å². The molecule has 0 aromatic heterocycles. The van der Waals surface area contributed by atoms with Gasteiger partial charge in [-0.2, -0.15) is 0 Å². The van der Waals surface area contributed by atoms with E-state index < -0.39 is 0 Å². The highest BCUT2D eigenvalue weighted by Crippen LogP contribution is 2.19. The van der Waals surface area contributed by atoms with E-state index in [1.165, 1.54) is 12.8 Å². The Morgan fingerprint density at radius 1 is 1.31 bits per heavy atom. The van der Waals surface area contributed by atoms with Crippen molar-refractivity contribution < 1.29 is 4.74 Å². The molecule has 1 N–H and O–H groups in total. The summed E-state index contributed by atoms with van der Waals surface area (Å²) in [5.74, 6) is 1.56. The van der Waals surface area contributed by atoms with Crippen molar-refractivity contribution in [3.8, 4) is 5.75 Å². The largest absolute Gasteiger partial charge is 0.493 e. The van der Waals surface area contributed by atoms with Gasteiger partial charge in [0.15, 0.2) is 0 Å². The molecule has 0 amide bonds. The Morgan fingerprint density at radius 3 is 2.75 bits per heavy atom. The molecule has 1 fully saturated rings. The second-order valence-corrected chi connectivity index (χ2v) is 4.40. The number of piperidine rings is 1. The van der Waals surface area contributed by atoms with Crippen molar-refractivity contribution in [3.05, 3.63) is 29.3 Å². The molecule has 1 aliphatic rings. The van der Waals surface area contributed by atoms with Crippen molar-refractivity contribution in [2.45, 2.75) is 12.8 Å². The molecule has 90 valence electrons. The van der Waals surface area contributed by atoms with Crippen LogP contribution in [0, 0.1) is 5.92 Å². The molecule has 0 spiro atoms. The van der Waals surface area contributed by atoms with Gasteiger partial charge in [-0.25, -0.2) is 0 Å². The number of ether oxygens (including phenoxy) is 1. The topological polar surface area (TPSA) is 21.3 Å². The summed E-state index contributed by atoms with van der Waals surface area (Å²) in [5, 5.41) is 4.08. The molecule has 0 aliphatic carbocycles. The van der Waals surface area contributed by atoms with Gasteiger partial charge in [0.25, 0.3) is 0 Å². The maximum Gasteiger partial charge on any atom is 0.120 e. The molecule has 1 heterocycles. The minimum absolute atomic E-state index is 0. The molecule has 1 aromatic carbocycles. The van der Waals surface area contributed by atoms with Crippen LogP contribution in [0.2, 0.25) is 5.02 Å². The zero-order valence-corrected chi connectivity index (χ0v) is 10.7. The first kappa shape index (κ1) is 13.6. The van der Waals surface area contributed by atoms with Crippen molar-refractivity contribution in [2.24, 2.45) is 5.92 Å². The quantitative estimate of drug-likeness (QED) is 0.903. The first-order chi connectivity index (χ1) is 7.34. The fraction of sp³-hybridized carbons (Fsp3) is 0.500. The van der Waals surface area contributed by atoms with E-state index in [0.29, 0.717) is 5.92 Å². The Labute approximate surface area is 108 Å². The molecule has 1 aromatic rings. The minimum Gasteiger partial charge on any atom is -0.493 e. The van der Waals surface area contributed by atoms with Gasteiger partial charge in [-0.1, -0.05) is 17.7 Å². The average molecular weight is 262 g/mol. The highest BCUT2D eigenvalue weighted by Gasteiger charge is 2.13. The van der Waals surface area contributed by atoms with Gasteiger partial charge in [0.05, 0.1) is 6.61 Å².